The number of halogens is 1. The summed E-state index contributed by atoms with van der Waals surface area (Å²) >= 11 is 0. The maximum Gasteiger partial charge on any atom is 0.191 e. The van der Waals surface area contributed by atoms with Gasteiger partial charge < -0.3 is 20.1 Å². The standard InChI is InChI=1S/C23H30FN3O2/c1-25-22(26-13-6-14-29-21-9-3-2-4-10-21)27-18-23(11-15-28-16-12-23)19-7-5-8-20(24)17-19/h2-5,7-10,17H,6,11-16,18H2,1H3,(H2,25,26,27). The zero-order valence-electron chi connectivity index (χ0n) is 17.0. The Hall–Kier alpha value is -2.60. The lowest BCUT2D eigenvalue weighted by Crippen LogP contribution is -2.48. The van der Waals surface area contributed by atoms with Gasteiger partial charge in [0.2, 0.25) is 0 Å². The molecule has 2 aromatic rings. The molecular formula is C23H30FN3O2. The normalized spacial score (nSPS) is 16.3. The van der Waals surface area contributed by atoms with E-state index in [0.29, 0.717) is 26.4 Å². The number of ether oxygens (including phenoxy) is 2. The first-order valence-corrected chi connectivity index (χ1v) is 10.2. The molecule has 6 heteroatoms. The topological polar surface area (TPSA) is 54.9 Å². The quantitative estimate of drug-likeness (QED) is 0.405. The Morgan fingerprint density at radius 1 is 1.10 bits per heavy atom. The fraction of sp³-hybridized carbons (Fsp3) is 0.435. The van der Waals surface area contributed by atoms with Crippen molar-refractivity contribution in [1.82, 2.24) is 10.6 Å². The Balaban J connectivity index is 1.48. The van der Waals surface area contributed by atoms with Gasteiger partial charge in [-0.2, -0.15) is 0 Å². The smallest absolute Gasteiger partial charge is 0.191 e. The lowest BCUT2D eigenvalue weighted by atomic mass is 9.74. The third-order valence-electron chi connectivity index (χ3n) is 5.33. The average molecular weight is 400 g/mol. The number of guanidine groups is 1. The van der Waals surface area contributed by atoms with Gasteiger partial charge in [-0.3, -0.25) is 4.99 Å². The van der Waals surface area contributed by atoms with Crippen molar-refractivity contribution in [3.63, 3.8) is 0 Å². The van der Waals surface area contributed by atoms with Crippen LogP contribution in [0.1, 0.15) is 24.8 Å². The molecule has 0 atom stereocenters. The van der Waals surface area contributed by atoms with Crippen LogP contribution in [0.25, 0.3) is 0 Å². The van der Waals surface area contributed by atoms with Gasteiger partial charge in [-0.25, -0.2) is 4.39 Å². The molecule has 1 fully saturated rings. The van der Waals surface area contributed by atoms with Crippen LogP contribution in [0.5, 0.6) is 5.75 Å². The zero-order valence-corrected chi connectivity index (χ0v) is 17.0. The molecule has 0 aromatic heterocycles. The Bertz CT molecular complexity index is 777. The summed E-state index contributed by atoms with van der Waals surface area (Å²) in [6.45, 7) is 3.43. The van der Waals surface area contributed by atoms with Crippen molar-refractivity contribution in [3.8, 4) is 5.75 Å². The van der Waals surface area contributed by atoms with Crippen LogP contribution in [-0.4, -0.2) is 45.9 Å². The molecule has 0 spiro atoms. The van der Waals surface area contributed by atoms with Gasteiger partial charge in [0.15, 0.2) is 5.96 Å². The second kappa shape index (κ2) is 10.8. The summed E-state index contributed by atoms with van der Waals surface area (Å²) in [7, 11) is 1.76. The Morgan fingerprint density at radius 3 is 2.62 bits per heavy atom. The first-order valence-electron chi connectivity index (χ1n) is 10.2. The van der Waals surface area contributed by atoms with Gasteiger partial charge >= 0.3 is 0 Å². The fourth-order valence-corrected chi connectivity index (χ4v) is 3.61. The molecular weight excluding hydrogens is 369 g/mol. The van der Waals surface area contributed by atoms with E-state index < -0.39 is 0 Å². The van der Waals surface area contributed by atoms with E-state index in [0.717, 1.165) is 43.1 Å². The number of hydrogen-bond acceptors (Lipinski definition) is 3. The van der Waals surface area contributed by atoms with Crippen LogP contribution < -0.4 is 15.4 Å². The monoisotopic (exact) mass is 399 g/mol. The predicted octanol–water partition coefficient (Wildman–Crippen LogP) is 3.51. The molecule has 3 rings (SSSR count). The summed E-state index contributed by atoms with van der Waals surface area (Å²) in [4.78, 5) is 4.32. The molecule has 0 unspecified atom stereocenters. The highest BCUT2D eigenvalue weighted by molar-refractivity contribution is 5.79. The third kappa shape index (κ3) is 6.19. The lowest BCUT2D eigenvalue weighted by molar-refractivity contribution is 0.0513. The Labute approximate surface area is 172 Å². The summed E-state index contributed by atoms with van der Waals surface area (Å²) in [6.07, 6.45) is 2.56. The Morgan fingerprint density at radius 2 is 1.90 bits per heavy atom. The van der Waals surface area contributed by atoms with Crippen LogP contribution in [-0.2, 0) is 10.2 Å². The molecule has 1 aliphatic rings. The molecule has 0 aliphatic carbocycles. The largest absolute Gasteiger partial charge is 0.494 e. The van der Waals surface area contributed by atoms with Crippen LogP contribution in [0.3, 0.4) is 0 Å². The maximum atomic E-state index is 13.8. The van der Waals surface area contributed by atoms with Gasteiger partial charge in [-0.05, 0) is 49.1 Å². The number of rotatable bonds is 8. The van der Waals surface area contributed by atoms with Gasteiger partial charge in [0.25, 0.3) is 0 Å². The molecule has 5 nitrogen and oxygen atoms in total. The molecule has 0 saturated carbocycles. The molecule has 2 N–H and O–H groups in total. The van der Waals surface area contributed by atoms with E-state index in [-0.39, 0.29) is 11.2 Å². The van der Waals surface area contributed by atoms with E-state index in [4.69, 9.17) is 9.47 Å². The molecule has 1 aliphatic heterocycles. The highest BCUT2D eigenvalue weighted by atomic mass is 19.1. The zero-order chi connectivity index (χ0) is 20.4. The molecule has 0 bridgehead atoms. The van der Waals surface area contributed by atoms with Gasteiger partial charge in [0, 0.05) is 38.8 Å². The summed E-state index contributed by atoms with van der Waals surface area (Å²) in [5.74, 6) is 1.42. The van der Waals surface area contributed by atoms with Crippen molar-refractivity contribution in [1.29, 1.82) is 0 Å². The highest BCUT2D eigenvalue weighted by Gasteiger charge is 2.34. The molecule has 0 amide bonds. The van der Waals surface area contributed by atoms with E-state index in [1.165, 1.54) is 6.07 Å². The maximum absolute atomic E-state index is 13.8. The number of para-hydroxylation sites is 1. The van der Waals surface area contributed by atoms with Gasteiger partial charge in [-0.15, -0.1) is 0 Å². The molecule has 1 saturated heterocycles. The average Bonchev–Trinajstić information content (AvgIpc) is 2.77. The van der Waals surface area contributed by atoms with Gasteiger partial charge in [0.05, 0.1) is 6.61 Å². The van der Waals surface area contributed by atoms with Gasteiger partial charge in [-0.1, -0.05) is 30.3 Å². The van der Waals surface area contributed by atoms with Crippen molar-refractivity contribution in [2.24, 2.45) is 4.99 Å². The second-order valence-corrected chi connectivity index (χ2v) is 7.27. The summed E-state index contributed by atoms with van der Waals surface area (Å²) in [5, 5.41) is 6.76. The number of benzene rings is 2. The first-order chi connectivity index (χ1) is 14.2. The highest BCUT2D eigenvalue weighted by Crippen LogP contribution is 2.34. The van der Waals surface area contributed by atoms with Crippen molar-refractivity contribution in [3.05, 3.63) is 66.0 Å². The van der Waals surface area contributed by atoms with Crippen LogP contribution >= 0.6 is 0 Å². The van der Waals surface area contributed by atoms with Gasteiger partial charge in [0.1, 0.15) is 11.6 Å². The number of hydrogen-bond donors (Lipinski definition) is 2. The third-order valence-corrected chi connectivity index (χ3v) is 5.33. The van der Waals surface area contributed by atoms with Crippen LogP contribution in [0, 0.1) is 5.82 Å². The molecule has 2 aromatic carbocycles. The summed E-state index contributed by atoms with van der Waals surface area (Å²) < 4.78 is 25.1. The van der Waals surface area contributed by atoms with Crippen molar-refractivity contribution in [2.75, 3.05) is 40.0 Å². The lowest BCUT2D eigenvalue weighted by Gasteiger charge is -2.38. The van der Waals surface area contributed by atoms with Crippen molar-refractivity contribution < 1.29 is 13.9 Å². The molecule has 1 heterocycles. The van der Waals surface area contributed by atoms with Crippen LogP contribution in [0.4, 0.5) is 4.39 Å². The fourth-order valence-electron chi connectivity index (χ4n) is 3.61. The minimum atomic E-state index is -0.200. The van der Waals surface area contributed by atoms with E-state index in [9.17, 15) is 4.39 Å². The molecule has 0 radical (unpaired) electrons. The summed E-state index contributed by atoms with van der Waals surface area (Å²) in [5.41, 5.74) is 0.856. The van der Waals surface area contributed by atoms with E-state index in [2.05, 4.69) is 15.6 Å². The minimum absolute atomic E-state index is 0.158. The van der Waals surface area contributed by atoms with Crippen molar-refractivity contribution >= 4 is 5.96 Å². The van der Waals surface area contributed by atoms with Crippen LogP contribution in [0.2, 0.25) is 0 Å². The number of nitrogens with one attached hydrogen (secondary N) is 2. The van der Waals surface area contributed by atoms with Crippen LogP contribution in [0.15, 0.2) is 59.6 Å². The van der Waals surface area contributed by atoms with E-state index in [1.807, 2.05) is 36.4 Å². The second-order valence-electron chi connectivity index (χ2n) is 7.27. The predicted molar refractivity (Wildman–Crippen MR) is 114 cm³/mol. The van der Waals surface area contributed by atoms with E-state index in [1.54, 1.807) is 19.2 Å². The summed E-state index contributed by atoms with van der Waals surface area (Å²) in [6, 6.07) is 16.7. The number of aliphatic imine (C=N–C) groups is 1. The van der Waals surface area contributed by atoms with E-state index >= 15 is 0 Å². The number of nitrogens with zero attached hydrogens (tertiary/aromatic N) is 1. The Kier molecular flexibility index (Phi) is 7.87. The SMILES string of the molecule is CN=C(NCCCOc1ccccc1)NCC1(c2cccc(F)c2)CCOCC1. The molecule has 156 valence electrons. The van der Waals surface area contributed by atoms with Crippen molar-refractivity contribution in [2.45, 2.75) is 24.7 Å². The first kappa shape index (κ1) is 21.1. The minimum Gasteiger partial charge on any atom is -0.494 e. The molecule has 29 heavy (non-hydrogen) atoms.